The molecule has 17 heavy (non-hydrogen) atoms. The molecule has 1 amide bonds. The smallest absolute Gasteiger partial charge is 0.251 e. The molecule has 0 bridgehead atoms. The Bertz CT molecular complexity index is 245. The molecule has 0 spiro atoms. The Kier molecular flexibility index (Phi) is 6.23. The zero-order chi connectivity index (χ0) is 11.4. The van der Waals surface area contributed by atoms with Crippen molar-refractivity contribution in [3.63, 3.8) is 0 Å². The minimum Gasteiger partial charge on any atom is -0.368 e. The van der Waals surface area contributed by atoms with Crippen molar-refractivity contribution in [1.82, 2.24) is 4.90 Å². The van der Waals surface area contributed by atoms with Gasteiger partial charge in [-0.1, -0.05) is 0 Å². The molecule has 2 saturated heterocycles. The molecule has 2 rings (SSSR count). The quantitative estimate of drug-likeness (QED) is 0.817. The molecule has 0 aromatic carbocycles. The van der Waals surface area contributed by atoms with Crippen molar-refractivity contribution in [1.29, 1.82) is 0 Å². The molecular weight excluding hydrogens is 240 g/mol. The second kappa shape index (κ2) is 7.19. The molecule has 0 aromatic heterocycles. The first-order chi connectivity index (χ1) is 7.83. The summed E-state index contributed by atoms with van der Waals surface area (Å²) in [5.41, 5.74) is 5.73. The van der Waals surface area contributed by atoms with E-state index in [2.05, 4.69) is 0 Å². The van der Waals surface area contributed by atoms with Crippen molar-refractivity contribution in [2.24, 2.45) is 5.73 Å². The maximum atomic E-state index is 12.3. The summed E-state index contributed by atoms with van der Waals surface area (Å²) in [6.45, 7) is 2.18. The van der Waals surface area contributed by atoms with Gasteiger partial charge in [-0.25, -0.2) is 0 Å². The molecule has 0 saturated carbocycles. The van der Waals surface area contributed by atoms with Crippen molar-refractivity contribution in [3.8, 4) is 0 Å². The summed E-state index contributed by atoms with van der Waals surface area (Å²) < 4.78 is 5.55. The first-order valence-electron chi connectivity index (χ1n) is 6.45. The summed E-state index contributed by atoms with van der Waals surface area (Å²) in [4.78, 5) is 14.2. The number of hydrogen-bond acceptors (Lipinski definition) is 3. The molecule has 2 aliphatic rings. The van der Waals surface area contributed by atoms with Gasteiger partial charge in [-0.3, -0.25) is 4.79 Å². The van der Waals surface area contributed by atoms with E-state index in [4.69, 9.17) is 10.5 Å². The Balaban J connectivity index is 0.00000144. The molecule has 2 fully saturated rings. The average molecular weight is 263 g/mol. The minimum atomic E-state index is -0.194. The highest BCUT2D eigenvalue weighted by Crippen LogP contribution is 2.21. The molecule has 2 heterocycles. The van der Waals surface area contributed by atoms with E-state index >= 15 is 0 Å². The van der Waals surface area contributed by atoms with Crippen LogP contribution < -0.4 is 5.73 Å². The number of hydrogen-bond donors (Lipinski definition) is 1. The van der Waals surface area contributed by atoms with Gasteiger partial charge in [0.15, 0.2) is 0 Å². The fourth-order valence-electron chi connectivity index (χ4n) is 2.66. The van der Waals surface area contributed by atoms with Crippen molar-refractivity contribution in [2.45, 2.75) is 50.7 Å². The monoisotopic (exact) mass is 262 g/mol. The number of halogens is 1. The van der Waals surface area contributed by atoms with Crippen molar-refractivity contribution in [2.75, 3.05) is 19.7 Å². The predicted molar refractivity (Wildman–Crippen MR) is 69.2 cm³/mol. The van der Waals surface area contributed by atoms with Crippen LogP contribution in [0.5, 0.6) is 0 Å². The van der Waals surface area contributed by atoms with E-state index < -0.39 is 0 Å². The molecule has 5 heteroatoms. The zero-order valence-electron chi connectivity index (χ0n) is 10.3. The Hall–Kier alpha value is -0.320. The van der Waals surface area contributed by atoms with Crippen molar-refractivity contribution < 1.29 is 9.53 Å². The van der Waals surface area contributed by atoms with Gasteiger partial charge in [0.2, 0.25) is 0 Å². The number of nitrogens with two attached hydrogens (primary N) is 1. The third kappa shape index (κ3) is 3.57. The highest BCUT2D eigenvalue weighted by molar-refractivity contribution is 5.85. The fraction of sp³-hybridized carbons (Fsp3) is 0.917. The molecule has 2 aliphatic heterocycles. The Morgan fingerprint density at radius 3 is 2.65 bits per heavy atom. The van der Waals surface area contributed by atoms with Crippen molar-refractivity contribution >= 4 is 18.3 Å². The van der Waals surface area contributed by atoms with Crippen molar-refractivity contribution in [3.05, 3.63) is 0 Å². The Morgan fingerprint density at radius 2 is 2.00 bits per heavy atom. The summed E-state index contributed by atoms with van der Waals surface area (Å²) in [7, 11) is 0. The molecule has 2 atom stereocenters. The molecule has 0 aliphatic carbocycles. The minimum absolute atomic E-state index is 0. The lowest BCUT2D eigenvalue weighted by Gasteiger charge is -2.37. The lowest BCUT2D eigenvalue weighted by atomic mass is 10.00. The average Bonchev–Trinajstić information content (AvgIpc) is 2.39. The Labute approximate surface area is 109 Å². The second-order valence-electron chi connectivity index (χ2n) is 4.77. The van der Waals surface area contributed by atoms with Crippen LogP contribution in [-0.2, 0) is 9.53 Å². The molecule has 0 aromatic rings. The van der Waals surface area contributed by atoms with Gasteiger partial charge in [0.05, 0.1) is 0 Å². The molecule has 2 unspecified atom stereocenters. The highest BCUT2D eigenvalue weighted by atomic mass is 35.5. The SMILES string of the molecule is Cl.NCC1CCCCN1C(=O)C1CCCCO1. The van der Waals surface area contributed by atoms with Gasteiger partial charge in [0.1, 0.15) is 6.10 Å². The number of likely N-dealkylation sites (tertiary alicyclic amines) is 1. The first-order valence-corrected chi connectivity index (χ1v) is 6.45. The van der Waals surface area contributed by atoms with Crippen LogP contribution >= 0.6 is 12.4 Å². The number of piperidine rings is 1. The predicted octanol–water partition coefficient (Wildman–Crippen LogP) is 1.32. The van der Waals surface area contributed by atoms with E-state index in [1.165, 1.54) is 6.42 Å². The van der Waals surface area contributed by atoms with Crippen LogP contribution in [0, 0.1) is 0 Å². The van der Waals surface area contributed by atoms with E-state index in [1.807, 2.05) is 4.90 Å². The van der Waals surface area contributed by atoms with Crippen LogP contribution in [0.1, 0.15) is 38.5 Å². The fourth-order valence-corrected chi connectivity index (χ4v) is 2.66. The highest BCUT2D eigenvalue weighted by Gasteiger charge is 2.32. The third-order valence-electron chi connectivity index (χ3n) is 3.64. The summed E-state index contributed by atoms with van der Waals surface area (Å²) in [5.74, 6) is 0.176. The van der Waals surface area contributed by atoms with Gasteiger partial charge < -0.3 is 15.4 Å². The number of carbonyl (C=O) groups excluding carboxylic acids is 1. The van der Waals surface area contributed by atoms with Gasteiger partial charge in [-0.2, -0.15) is 0 Å². The first kappa shape index (κ1) is 14.7. The summed E-state index contributed by atoms with van der Waals surface area (Å²) in [6, 6.07) is 0.242. The van der Waals surface area contributed by atoms with Gasteiger partial charge in [0.25, 0.3) is 5.91 Å². The van der Waals surface area contributed by atoms with Crippen LogP contribution in [0.4, 0.5) is 0 Å². The lowest BCUT2D eigenvalue weighted by molar-refractivity contribution is -0.150. The standard InChI is InChI=1S/C12H22N2O2.ClH/c13-9-10-5-1-3-7-14(10)12(15)11-6-2-4-8-16-11;/h10-11H,1-9,13H2;1H. The van der Waals surface area contributed by atoms with Gasteiger partial charge in [-0.15, -0.1) is 12.4 Å². The molecule has 0 radical (unpaired) electrons. The van der Waals surface area contributed by atoms with Crippen LogP contribution in [-0.4, -0.2) is 42.6 Å². The number of carbonyl (C=O) groups is 1. The molecule has 4 nitrogen and oxygen atoms in total. The van der Waals surface area contributed by atoms with Crippen LogP contribution in [0.2, 0.25) is 0 Å². The number of ether oxygens (including phenoxy) is 1. The van der Waals surface area contributed by atoms with E-state index in [1.54, 1.807) is 0 Å². The molecule has 100 valence electrons. The number of amides is 1. The maximum absolute atomic E-state index is 12.3. The van der Waals surface area contributed by atoms with Crippen LogP contribution in [0.15, 0.2) is 0 Å². The molecule has 2 N–H and O–H groups in total. The zero-order valence-corrected chi connectivity index (χ0v) is 11.1. The van der Waals surface area contributed by atoms with E-state index in [0.29, 0.717) is 6.54 Å². The van der Waals surface area contributed by atoms with Crippen LogP contribution in [0.25, 0.3) is 0 Å². The summed E-state index contributed by atoms with van der Waals surface area (Å²) >= 11 is 0. The van der Waals surface area contributed by atoms with E-state index in [0.717, 1.165) is 45.3 Å². The van der Waals surface area contributed by atoms with Crippen LogP contribution in [0.3, 0.4) is 0 Å². The largest absolute Gasteiger partial charge is 0.368 e. The molecular formula is C12H23ClN2O2. The number of nitrogens with zero attached hydrogens (tertiary/aromatic N) is 1. The van der Waals surface area contributed by atoms with Gasteiger partial charge >= 0.3 is 0 Å². The normalized spacial score (nSPS) is 29.6. The summed E-state index contributed by atoms with van der Waals surface area (Å²) in [5, 5.41) is 0. The number of rotatable bonds is 2. The Morgan fingerprint density at radius 1 is 1.24 bits per heavy atom. The van der Waals surface area contributed by atoms with Gasteiger partial charge in [0, 0.05) is 25.7 Å². The summed E-state index contributed by atoms with van der Waals surface area (Å²) in [6.07, 6.45) is 6.23. The van der Waals surface area contributed by atoms with Gasteiger partial charge in [-0.05, 0) is 38.5 Å². The van der Waals surface area contributed by atoms with E-state index in [-0.39, 0.29) is 30.5 Å². The topological polar surface area (TPSA) is 55.6 Å². The van der Waals surface area contributed by atoms with E-state index in [9.17, 15) is 4.79 Å². The lowest BCUT2D eigenvalue weighted by Crippen LogP contribution is -2.52. The maximum Gasteiger partial charge on any atom is 0.251 e. The second-order valence-corrected chi connectivity index (χ2v) is 4.77. The third-order valence-corrected chi connectivity index (χ3v) is 3.64.